The second kappa shape index (κ2) is 2.63. The van der Waals surface area contributed by atoms with Crippen molar-refractivity contribution in [3.63, 3.8) is 0 Å². The van der Waals surface area contributed by atoms with Crippen molar-refractivity contribution < 1.29 is 0 Å². The Bertz CT molecular complexity index is 329. The van der Waals surface area contributed by atoms with Gasteiger partial charge in [-0.15, -0.1) is 0 Å². The summed E-state index contributed by atoms with van der Waals surface area (Å²) in [7, 11) is 0. The molecule has 12 heavy (non-hydrogen) atoms. The number of nitrogens with two attached hydrogens (primary N) is 1. The molecule has 0 fully saturated rings. The van der Waals surface area contributed by atoms with Gasteiger partial charge in [0.25, 0.3) is 0 Å². The molecule has 0 amide bonds. The lowest BCUT2D eigenvalue weighted by Crippen LogP contribution is -2.06. The van der Waals surface area contributed by atoms with Crippen LogP contribution >= 0.6 is 0 Å². The van der Waals surface area contributed by atoms with Crippen molar-refractivity contribution in [2.24, 2.45) is 10.9 Å². The molecule has 1 unspecified atom stereocenters. The molecule has 0 aromatic heterocycles. The number of nitrogen functional groups attached to an aromatic ring is 1. The average Bonchev–Trinajstić information content (AvgIpc) is 2.03. The number of anilines is 1. The Kier molecular flexibility index (Phi) is 1.61. The van der Waals surface area contributed by atoms with Crippen molar-refractivity contribution in [3.05, 3.63) is 23.8 Å². The summed E-state index contributed by atoms with van der Waals surface area (Å²) in [5.41, 5.74) is 8.85. The highest BCUT2D eigenvalue weighted by atomic mass is 14.7. The number of nitrogens with zero attached hydrogens (tertiary/aromatic N) is 1. The molecule has 1 atom stereocenters. The van der Waals surface area contributed by atoms with Gasteiger partial charge < -0.3 is 5.73 Å². The van der Waals surface area contributed by atoms with Gasteiger partial charge in [-0.3, -0.25) is 4.99 Å². The summed E-state index contributed by atoms with van der Waals surface area (Å²) in [5.74, 6) is 0.541. The van der Waals surface area contributed by atoms with Gasteiger partial charge in [-0.1, -0.05) is 6.92 Å². The number of hydrogen-bond donors (Lipinski definition) is 1. The van der Waals surface area contributed by atoms with E-state index in [1.165, 1.54) is 5.56 Å². The van der Waals surface area contributed by atoms with Gasteiger partial charge in [0.2, 0.25) is 0 Å². The Morgan fingerprint density at radius 2 is 2.33 bits per heavy atom. The van der Waals surface area contributed by atoms with Crippen molar-refractivity contribution in [1.82, 2.24) is 0 Å². The molecule has 1 heterocycles. The third kappa shape index (κ3) is 1.20. The topological polar surface area (TPSA) is 38.4 Å². The fraction of sp³-hybridized carbons (Fsp3) is 0.300. The fourth-order valence-corrected chi connectivity index (χ4v) is 1.50. The van der Waals surface area contributed by atoms with Gasteiger partial charge in [0.15, 0.2) is 0 Å². The van der Waals surface area contributed by atoms with Gasteiger partial charge in [0.05, 0.1) is 5.69 Å². The van der Waals surface area contributed by atoms with Crippen molar-refractivity contribution >= 4 is 17.6 Å². The van der Waals surface area contributed by atoms with Crippen LogP contribution in [0.25, 0.3) is 0 Å². The van der Waals surface area contributed by atoms with Crippen LogP contribution < -0.4 is 5.73 Å². The van der Waals surface area contributed by atoms with E-state index in [0.717, 1.165) is 17.8 Å². The van der Waals surface area contributed by atoms with Crippen LogP contribution in [0, 0.1) is 5.92 Å². The number of hydrogen-bond acceptors (Lipinski definition) is 2. The molecule has 1 aliphatic rings. The number of aliphatic imine (C=N–C) groups is 1. The van der Waals surface area contributed by atoms with Gasteiger partial charge >= 0.3 is 0 Å². The van der Waals surface area contributed by atoms with Crippen molar-refractivity contribution in [2.45, 2.75) is 13.3 Å². The molecule has 1 aromatic rings. The van der Waals surface area contributed by atoms with Crippen molar-refractivity contribution in [3.8, 4) is 0 Å². The van der Waals surface area contributed by atoms with Crippen LogP contribution in [0.2, 0.25) is 0 Å². The van der Waals surface area contributed by atoms with Gasteiger partial charge in [-0.2, -0.15) is 0 Å². The number of benzene rings is 1. The maximum absolute atomic E-state index is 5.68. The second-order valence-electron chi connectivity index (χ2n) is 3.35. The molecule has 0 spiro atoms. The third-order valence-electron chi connectivity index (χ3n) is 2.11. The normalized spacial score (nSPS) is 20.6. The molecule has 2 heteroatoms. The number of fused-ring (bicyclic) bond motifs is 1. The minimum Gasteiger partial charge on any atom is -0.399 e. The summed E-state index contributed by atoms with van der Waals surface area (Å²) in [4.78, 5) is 4.33. The lowest BCUT2D eigenvalue weighted by molar-refractivity contribution is 0.772. The molecule has 2 nitrogen and oxygen atoms in total. The predicted molar refractivity (Wildman–Crippen MR) is 51.9 cm³/mol. The summed E-state index contributed by atoms with van der Waals surface area (Å²) in [6.45, 7) is 2.16. The summed E-state index contributed by atoms with van der Waals surface area (Å²) in [5, 5.41) is 0. The van der Waals surface area contributed by atoms with Crippen molar-refractivity contribution in [1.29, 1.82) is 0 Å². The van der Waals surface area contributed by atoms with E-state index in [4.69, 9.17) is 5.73 Å². The van der Waals surface area contributed by atoms with E-state index in [0.29, 0.717) is 5.92 Å². The summed E-state index contributed by atoms with van der Waals surface area (Å²) < 4.78 is 0. The van der Waals surface area contributed by atoms with Crippen LogP contribution in [0.15, 0.2) is 23.2 Å². The molecule has 62 valence electrons. The zero-order valence-electron chi connectivity index (χ0n) is 7.12. The Labute approximate surface area is 72.1 Å². The van der Waals surface area contributed by atoms with E-state index < -0.39 is 0 Å². The van der Waals surface area contributed by atoms with Crippen LogP contribution in [0.3, 0.4) is 0 Å². The monoisotopic (exact) mass is 160 g/mol. The van der Waals surface area contributed by atoms with Crippen LogP contribution in [0.4, 0.5) is 11.4 Å². The van der Waals surface area contributed by atoms with E-state index in [-0.39, 0.29) is 0 Å². The van der Waals surface area contributed by atoms with Gasteiger partial charge in [-0.25, -0.2) is 0 Å². The Morgan fingerprint density at radius 1 is 1.50 bits per heavy atom. The van der Waals surface area contributed by atoms with E-state index in [1.54, 1.807) is 0 Å². The Hall–Kier alpha value is -1.31. The molecule has 1 aliphatic heterocycles. The van der Waals surface area contributed by atoms with E-state index in [2.05, 4.69) is 11.9 Å². The molecule has 0 radical (unpaired) electrons. The standard InChI is InChI=1S/C10H12N2/c1-7-4-8-5-9(11)2-3-10(8)12-6-7/h2-3,5-7H,4,11H2,1H3. The molecule has 0 aliphatic carbocycles. The molecule has 0 bridgehead atoms. The van der Waals surface area contributed by atoms with Crippen LogP contribution in [-0.2, 0) is 6.42 Å². The minimum atomic E-state index is 0.541. The highest BCUT2D eigenvalue weighted by Gasteiger charge is 2.10. The molecular weight excluding hydrogens is 148 g/mol. The molecule has 0 saturated heterocycles. The van der Waals surface area contributed by atoms with E-state index in [1.807, 2.05) is 24.4 Å². The van der Waals surface area contributed by atoms with E-state index >= 15 is 0 Å². The summed E-state index contributed by atoms with van der Waals surface area (Å²) in [6, 6.07) is 5.89. The minimum absolute atomic E-state index is 0.541. The zero-order valence-corrected chi connectivity index (χ0v) is 7.12. The number of rotatable bonds is 0. The first kappa shape index (κ1) is 7.35. The molecule has 2 N–H and O–H groups in total. The largest absolute Gasteiger partial charge is 0.399 e. The maximum atomic E-state index is 5.68. The first-order chi connectivity index (χ1) is 5.75. The highest BCUT2D eigenvalue weighted by Crippen LogP contribution is 2.27. The first-order valence-electron chi connectivity index (χ1n) is 4.18. The third-order valence-corrected chi connectivity index (χ3v) is 2.11. The van der Waals surface area contributed by atoms with Crippen LogP contribution in [0.5, 0.6) is 0 Å². The first-order valence-corrected chi connectivity index (χ1v) is 4.18. The molecule has 0 saturated carbocycles. The molecule has 2 rings (SSSR count). The zero-order chi connectivity index (χ0) is 8.55. The Morgan fingerprint density at radius 3 is 3.17 bits per heavy atom. The lowest BCUT2D eigenvalue weighted by Gasteiger charge is -2.14. The lowest BCUT2D eigenvalue weighted by atomic mass is 9.97. The summed E-state index contributed by atoms with van der Waals surface area (Å²) >= 11 is 0. The van der Waals surface area contributed by atoms with Gasteiger partial charge in [-0.05, 0) is 36.1 Å². The van der Waals surface area contributed by atoms with Gasteiger partial charge in [0, 0.05) is 11.9 Å². The fourth-order valence-electron chi connectivity index (χ4n) is 1.50. The van der Waals surface area contributed by atoms with Crippen LogP contribution in [0.1, 0.15) is 12.5 Å². The highest BCUT2D eigenvalue weighted by molar-refractivity contribution is 5.72. The van der Waals surface area contributed by atoms with Crippen molar-refractivity contribution in [2.75, 3.05) is 5.73 Å². The smallest absolute Gasteiger partial charge is 0.0659 e. The second-order valence-corrected chi connectivity index (χ2v) is 3.35. The molecule has 1 aromatic carbocycles. The van der Waals surface area contributed by atoms with E-state index in [9.17, 15) is 0 Å². The predicted octanol–water partition coefficient (Wildman–Crippen LogP) is 2.16. The van der Waals surface area contributed by atoms with Crippen LogP contribution in [-0.4, -0.2) is 6.21 Å². The molecular formula is C10H12N2. The Balaban J connectivity index is 2.47. The summed E-state index contributed by atoms with van der Waals surface area (Å²) in [6.07, 6.45) is 3.06. The SMILES string of the molecule is CC1C=Nc2ccc(N)cc2C1. The quantitative estimate of drug-likeness (QED) is 0.580. The van der Waals surface area contributed by atoms with Gasteiger partial charge in [0.1, 0.15) is 0 Å². The maximum Gasteiger partial charge on any atom is 0.0659 e. The average molecular weight is 160 g/mol.